The topological polar surface area (TPSA) is 88.4 Å². The summed E-state index contributed by atoms with van der Waals surface area (Å²) in [5, 5.41) is 0. The molecule has 1 aromatic heterocycles. The summed E-state index contributed by atoms with van der Waals surface area (Å²) in [6.07, 6.45) is 1.82. The van der Waals surface area contributed by atoms with Crippen LogP contribution in [0.4, 0.5) is 0 Å². The summed E-state index contributed by atoms with van der Waals surface area (Å²) in [4.78, 5) is 32.5. The number of carbonyl (C=O) groups is 1. The van der Waals surface area contributed by atoms with E-state index < -0.39 is 12.0 Å². The Bertz CT molecular complexity index is 1900. The molecule has 5 rings (SSSR count). The highest BCUT2D eigenvalue weighted by Crippen LogP contribution is 2.41. The van der Waals surface area contributed by atoms with E-state index in [9.17, 15) is 9.59 Å². The number of thiazole rings is 1. The number of hydrogen-bond donors (Lipinski definition) is 0. The zero-order chi connectivity index (χ0) is 31.4. The maximum absolute atomic E-state index is 14.0. The second kappa shape index (κ2) is 14.0. The van der Waals surface area contributed by atoms with Crippen LogP contribution in [0.5, 0.6) is 17.2 Å². The average molecular weight is 742 g/mol. The van der Waals surface area contributed by atoms with Crippen LogP contribution in [-0.2, 0) is 16.1 Å². The van der Waals surface area contributed by atoms with E-state index in [1.807, 2.05) is 61.5 Å². The van der Waals surface area contributed by atoms with Gasteiger partial charge in [0.25, 0.3) is 5.56 Å². The SMILES string of the molecule is CCOC(=O)C1=C(C)N=c2s/c(=C/c3ccc(OCc4ccc(Br)cc4)cc3)c(=O)n2[C@@H]1c1cc(OC)c(OCC)cc1Br. The molecule has 8 nitrogen and oxygen atoms in total. The third kappa shape index (κ3) is 6.69. The first-order valence-corrected chi connectivity index (χ1v) is 16.3. The van der Waals surface area contributed by atoms with Gasteiger partial charge >= 0.3 is 5.97 Å². The lowest BCUT2D eigenvalue weighted by atomic mass is 9.95. The standard InChI is InChI=1S/C33H30Br2N2O6S/c1-5-41-27-17-25(35)24(16-26(27)40-4)30-29(32(39)42-6-2)19(3)36-33-37(30)31(38)28(44-33)15-20-9-13-23(14-10-20)43-18-21-7-11-22(34)12-8-21/h7-17,30H,5-6,18H2,1-4H3/b28-15+/t30-/m1/s1. The molecule has 0 saturated heterocycles. The summed E-state index contributed by atoms with van der Waals surface area (Å²) in [5.41, 5.74) is 3.01. The molecule has 0 unspecified atom stereocenters. The zero-order valence-electron chi connectivity index (χ0n) is 24.6. The third-order valence-corrected chi connectivity index (χ3v) is 9.09. The number of ether oxygens (including phenoxy) is 4. The summed E-state index contributed by atoms with van der Waals surface area (Å²) >= 11 is 8.36. The monoisotopic (exact) mass is 740 g/mol. The number of allylic oxidation sites excluding steroid dienone is 1. The largest absolute Gasteiger partial charge is 0.493 e. The molecule has 44 heavy (non-hydrogen) atoms. The van der Waals surface area contributed by atoms with Crippen LogP contribution in [0, 0.1) is 0 Å². The summed E-state index contributed by atoms with van der Waals surface area (Å²) in [6, 6.07) is 18.3. The highest BCUT2D eigenvalue weighted by atomic mass is 79.9. The maximum Gasteiger partial charge on any atom is 0.338 e. The number of carbonyl (C=O) groups excluding carboxylic acids is 1. The number of hydrogen-bond acceptors (Lipinski definition) is 8. The van der Waals surface area contributed by atoms with Crippen LogP contribution in [0.15, 0.2) is 90.7 Å². The number of methoxy groups -OCH3 is 1. The number of aromatic nitrogens is 1. The Kier molecular flexibility index (Phi) is 10.1. The second-order valence-electron chi connectivity index (χ2n) is 9.74. The van der Waals surface area contributed by atoms with E-state index in [1.165, 1.54) is 11.3 Å². The Morgan fingerprint density at radius 3 is 2.39 bits per heavy atom. The highest BCUT2D eigenvalue weighted by molar-refractivity contribution is 9.10. The normalized spacial score (nSPS) is 14.6. The Morgan fingerprint density at radius 2 is 1.73 bits per heavy atom. The molecule has 4 aromatic rings. The molecule has 228 valence electrons. The number of halogens is 2. The molecule has 0 fully saturated rings. The second-order valence-corrected chi connectivity index (χ2v) is 12.5. The van der Waals surface area contributed by atoms with Gasteiger partial charge in [-0.2, -0.15) is 0 Å². The fraction of sp³-hybridized carbons (Fsp3) is 0.242. The molecule has 0 bridgehead atoms. The lowest BCUT2D eigenvalue weighted by Gasteiger charge is -2.26. The average Bonchev–Trinajstić information content (AvgIpc) is 3.31. The van der Waals surface area contributed by atoms with E-state index in [0.717, 1.165) is 21.3 Å². The van der Waals surface area contributed by atoms with Gasteiger partial charge in [0.2, 0.25) is 0 Å². The van der Waals surface area contributed by atoms with Crippen molar-refractivity contribution >= 4 is 55.2 Å². The van der Waals surface area contributed by atoms with Gasteiger partial charge in [-0.25, -0.2) is 9.79 Å². The number of nitrogens with zero attached hydrogens (tertiary/aromatic N) is 2. The van der Waals surface area contributed by atoms with Crippen molar-refractivity contribution in [3.8, 4) is 17.2 Å². The van der Waals surface area contributed by atoms with Crippen molar-refractivity contribution < 1.29 is 23.7 Å². The highest BCUT2D eigenvalue weighted by Gasteiger charge is 2.35. The predicted octanol–water partition coefficient (Wildman–Crippen LogP) is 6.31. The van der Waals surface area contributed by atoms with Crippen LogP contribution in [0.1, 0.15) is 43.5 Å². The van der Waals surface area contributed by atoms with Crippen LogP contribution in [0.25, 0.3) is 6.08 Å². The minimum Gasteiger partial charge on any atom is -0.493 e. The summed E-state index contributed by atoms with van der Waals surface area (Å²) in [5.74, 6) is 1.20. The Balaban J connectivity index is 1.55. The Labute approximate surface area is 275 Å². The van der Waals surface area contributed by atoms with Crippen molar-refractivity contribution in [1.29, 1.82) is 0 Å². The first-order chi connectivity index (χ1) is 21.2. The van der Waals surface area contributed by atoms with Gasteiger partial charge in [-0.3, -0.25) is 9.36 Å². The van der Waals surface area contributed by atoms with E-state index in [-0.39, 0.29) is 17.7 Å². The molecule has 3 aromatic carbocycles. The van der Waals surface area contributed by atoms with Gasteiger partial charge in [-0.1, -0.05) is 67.5 Å². The molecule has 1 atom stereocenters. The first-order valence-electron chi connectivity index (χ1n) is 13.9. The number of rotatable bonds is 10. The van der Waals surface area contributed by atoms with Crippen molar-refractivity contribution in [2.75, 3.05) is 20.3 Å². The molecule has 1 aliphatic rings. The van der Waals surface area contributed by atoms with Crippen LogP contribution in [0.2, 0.25) is 0 Å². The quantitative estimate of drug-likeness (QED) is 0.177. The lowest BCUT2D eigenvalue weighted by molar-refractivity contribution is -0.139. The van der Waals surface area contributed by atoms with Crippen LogP contribution in [-0.4, -0.2) is 30.9 Å². The Hall–Kier alpha value is -3.67. The Morgan fingerprint density at radius 1 is 1.00 bits per heavy atom. The molecule has 0 N–H and O–H groups in total. The van der Waals surface area contributed by atoms with Gasteiger partial charge in [-0.05, 0) is 79.9 Å². The molecule has 0 aliphatic carbocycles. The minimum atomic E-state index is -0.805. The smallest absolute Gasteiger partial charge is 0.338 e. The lowest BCUT2D eigenvalue weighted by Crippen LogP contribution is -2.40. The molecule has 1 aliphatic heterocycles. The van der Waals surface area contributed by atoms with Gasteiger partial charge in [0, 0.05) is 8.95 Å². The summed E-state index contributed by atoms with van der Waals surface area (Å²) in [6.45, 7) is 6.45. The van der Waals surface area contributed by atoms with Crippen molar-refractivity contribution in [1.82, 2.24) is 4.57 Å². The van der Waals surface area contributed by atoms with E-state index in [4.69, 9.17) is 18.9 Å². The third-order valence-electron chi connectivity index (χ3n) is 6.89. The van der Waals surface area contributed by atoms with Gasteiger partial charge in [0.1, 0.15) is 12.4 Å². The molecule has 0 radical (unpaired) electrons. The molecule has 11 heteroatoms. The van der Waals surface area contributed by atoms with Crippen LogP contribution >= 0.6 is 43.2 Å². The number of fused-ring (bicyclic) bond motifs is 1. The van der Waals surface area contributed by atoms with Crippen molar-refractivity contribution in [2.45, 2.75) is 33.4 Å². The fourth-order valence-corrected chi connectivity index (χ4v) is 6.68. The van der Waals surface area contributed by atoms with E-state index in [1.54, 1.807) is 37.7 Å². The number of benzene rings is 3. The van der Waals surface area contributed by atoms with Crippen molar-refractivity contribution in [2.24, 2.45) is 4.99 Å². The molecule has 0 saturated carbocycles. The van der Waals surface area contributed by atoms with E-state index in [2.05, 4.69) is 36.9 Å². The van der Waals surface area contributed by atoms with Gasteiger partial charge < -0.3 is 18.9 Å². The molecule has 0 spiro atoms. The minimum absolute atomic E-state index is 0.184. The summed E-state index contributed by atoms with van der Waals surface area (Å²) in [7, 11) is 1.55. The molecular formula is C33H30Br2N2O6S. The summed E-state index contributed by atoms with van der Waals surface area (Å²) < 4.78 is 26.4. The molecular weight excluding hydrogens is 712 g/mol. The van der Waals surface area contributed by atoms with E-state index in [0.29, 0.717) is 49.8 Å². The fourth-order valence-electron chi connectivity index (χ4n) is 4.83. The van der Waals surface area contributed by atoms with Gasteiger partial charge in [0.05, 0.1) is 42.2 Å². The number of esters is 1. The molecule has 2 heterocycles. The van der Waals surface area contributed by atoms with Gasteiger partial charge in [0.15, 0.2) is 16.3 Å². The van der Waals surface area contributed by atoms with Crippen LogP contribution in [0.3, 0.4) is 0 Å². The van der Waals surface area contributed by atoms with E-state index >= 15 is 0 Å². The van der Waals surface area contributed by atoms with Crippen molar-refractivity contribution in [3.63, 3.8) is 0 Å². The van der Waals surface area contributed by atoms with Gasteiger partial charge in [-0.15, -0.1) is 0 Å². The maximum atomic E-state index is 14.0. The predicted molar refractivity (Wildman–Crippen MR) is 177 cm³/mol. The first kappa shape index (κ1) is 31.7. The van der Waals surface area contributed by atoms with Crippen LogP contribution < -0.4 is 29.1 Å². The van der Waals surface area contributed by atoms with Crippen molar-refractivity contribution in [3.05, 3.63) is 117 Å². The molecule has 0 amide bonds. The zero-order valence-corrected chi connectivity index (χ0v) is 28.5.